The first-order valence-corrected chi connectivity index (χ1v) is 10.8. The minimum Gasteiger partial charge on any atom is -0.331 e. The summed E-state index contributed by atoms with van der Waals surface area (Å²) in [4.78, 5) is 30.2. The molecule has 27 heavy (non-hydrogen) atoms. The van der Waals surface area contributed by atoms with Gasteiger partial charge in [0.1, 0.15) is 0 Å². The summed E-state index contributed by atoms with van der Waals surface area (Å²) in [6.07, 6.45) is 11.8. The predicted octanol–water partition coefficient (Wildman–Crippen LogP) is 3.94. The van der Waals surface area contributed by atoms with Gasteiger partial charge in [0.2, 0.25) is 11.8 Å². The molecule has 146 valence electrons. The lowest BCUT2D eigenvalue weighted by Crippen LogP contribution is -2.68. The summed E-state index contributed by atoms with van der Waals surface area (Å²) >= 11 is 0. The SMILES string of the molecule is O=C(CCc1ccccc1)N1CC(=O)N(C2CCCC2)C2(CCCCC2)C1. The minimum atomic E-state index is -0.0923. The molecule has 4 nitrogen and oxygen atoms in total. The van der Waals surface area contributed by atoms with Gasteiger partial charge in [0.25, 0.3) is 0 Å². The first kappa shape index (κ1) is 18.5. The molecule has 1 aliphatic heterocycles. The number of rotatable bonds is 4. The molecule has 0 atom stereocenters. The second-order valence-corrected chi connectivity index (χ2v) is 8.72. The van der Waals surface area contributed by atoms with Crippen molar-refractivity contribution in [3.05, 3.63) is 35.9 Å². The van der Waals surface area contributed by atoms with Crippen molar-refractivity contribution in [1.82, 2.24) is 9.80 Å². The number of piperazine rings is 1. The lowest BCUT2D eigenvalue weighted by Gasteiger charge is -2.54. The third-order valence-corrected chi connectivity index (χ3v) is 6.89. The molecule has 0 bridgehead atoms. The Labute approximate surface area is 162 Å². The quantitative estimate of drug-likeness (QED) is 0.808. The molecule has 4 rings (SSSR count). The second kappa shape index (κ2) is 8.04. The zero-order chi connectivity index (χ0) is 18.7. The molecule has 3 fully saturated rings. The molecule has 1 saturated heterocycles. The van der Waals surface area contributed by atoms with E-state index in [0.717, 1.165) is 38.6 Å². The van der Waals surface area contributed by atoms with Crippen molar-refractivity contribution in [2.45, 2.75) is 82.2 Å². The number of amides is 2. The molecule has 1 aromatic carbocycles. The van der Waals surface area contributed by atoms with Gasteiger partial charge in [-0.3, -0.25) is 9.59 Å². The summed E-state index contributed by atoms with van der Waals surface area (Å²) < 4.78 is 0. The van der Waals surface area contributed by atoms with E-state index < -0.39 is 0 Å². The number of aryl methyl sites for hydroxylation is 1. The molecule has 3 aliphatic rings. The van der Waals surface area contributed by atoms with Crippen molar-refractivity contribution >= 4 is 11.8 Å². The summed E-state index contributed by atoms with van der Waals surface area (Å²) in [6, 6.07) is 10.6. The average molecular weight is 369 g/mol. The van der Waals surface area contributed by atoms with Crippen molar-refractivity contribution < 1.29 is 9.59 Å². The third kappa shape index (κ3) is 3.90. The zero-order valence-corrected chi connectivity index (χ0v) is 16.4. The fourth-order valence-corrected chi connectivity index (χ4v) is 5.58. The van der Waals surface area contributed by atoms with Crippen LogP contribution in [0, 0.1) is 0 Å². The van der Waals surface area contributed by atoms with Gasteiger partial charge in [-0.1, -0.05) is 62.4 Å². The van der Waals surface area contributed by atoms with Gasteiger partial charge in [-0.05, 0) is 37.7 Å². The van der Waals surface area contributed by atoms with Crippen LogP contribution >= 0.6 is 0 Å². The van der Waals surface area contributed by atoms with E-state index in [9.17, 15) is 9.59 Å². The first-order valence-electron chi connectivity index (χ1n) is 10.8. The van der Waals surface area contributed by atoms with E-state index in [1.54, 1.807) is 0 Å². The highest BCUT2D eigenvalue weighted by atomic mass is 16.2. The summed E-state index contributed by atoms with van der Waals surface area (Å²) in [5.74, 6) is 0.339. The van der Waals surface area contributed by atoms with Crippen LogP contribution in [-0.4, -0.2) is 46.3 Å². The van der Waals surface area contributed by atoms with Crippen LogP contribution in [-0.2, 0) is 16.0 Å². The van der Waals surface area contributed by atoms with Gasteiger partial charge in [-0.25, -0.2) is 0 Å². The molecule has 4 heteroatoms. The van der Waals surface area contributed by atoms with Gasteiger partial charge < -0.3 is 9.80 Å². The Hall–Kier alpha value is -1.84. The van der Waals surface area contributed by atoms with Crippen molar-refractivity contribution in [3.8, 4) is 0 Å². The van der Waals surface area contributed by atoms with Crippen molar-refractivity contribution in [1.29, 1.82) is 0 Å². The Morgan fingerprint density at radius 1 is 1.00 bits per heavy atom. The van der Waals surface area contributed by atoms with Gasteiger partial charge in [-0.2, -0.15) is 0 Å². The normalized spacial score (nSPS) is 23.2. The van der Waals surface area contributed by atoms with Gasteiger partial charge in [-0.15, -0.1) is 0 Å². The Bertz CT molecular complexity index is 660. The fourth-order valence-electron chi connectivity index (χ4n) is 5.58. The highest BCUT2D eigenvalue weighted by Gasteiger charge is 2.49. The maximum atomic E-state index is 13.2. The maximum absolute atomic E-state index is 13.2. The monoisotopic (exact) mass is 368 g/mol. The standard InChI is InChI=1S/C23H32N2O2/c26-21(14-13-19-9-3-1-4-10-19)24-17-22(27)25(20-11-5-6-12-20)23(18-24)15-7-2-8-16-23/h1,3-4,9-10,20H,2,5-8,11-18H2. The lowest BCUT2D eigenvalue weighted by atomic mass is 9.77. The van der Waals surface area contributed by atoms with E-state index >= 15 is 0 Å². The topological polar surface area (TPSA) is 40.6 Å². The van der Waals surface area contributed by atoms with Crippen LogP contribution < -0.4 is 0 Å². The zero-order valence-electron chi connectivity index (χ0n) is 16.4. The number of benzene rings is 1. The van der Waals surface area contributed by atoms with Gasteiger partial charge in [0.15, 0.2) is 0 Å². The number of hydrogen-bond donors (Lipinski definition) is 0. The van der Waals surface area contributed by atoms with Crippen molar-refractivity contribution in [2.24, 2.45) is 0 Å². The first-order chi connectivity index (χ1) is 13.2. The molecule has 2 amide bonds. The van der Waals surface area contributed by atoms with Crippen molar-refractivity contribution in [3.63, 3.8) is 0 Å². The number of nitrogens with zero attached hydrogens (tertiary/aromatic N) is 2. The van der Waals surface area contributed by atoms with E-state index in [-0.39, 0.29) is 23.9 Å². The predicted molar refractivity (Wildman–Crippen MR) is 106 cm³/mol. The Kier molecular flexibility index (Phi) is 5.51. The molecule has 0 radical (unpaired) electrons. The summed E-state index contributed by atoms with van der Waals surface area (Å²) in [5.41, 5.74) is 1.10. The Morgan fingerprint density at radius 3 is 2.41 bits per heavy atom. The van der Waals surface area contributed by atoms with E-state index in [1.165, 1.54) is 37.7 Å². The van der Waals surface area contributed by atoms with Crippen LogP contribution in [0.2, 0.25) is 0 Å². The minimum absolute atomic E-state index is 0.0923. The highest BCUT2D eigenvalue weighted by molar-refractivity contribution is 5.87. The van der Waals surface area contributed by atoms with E-state index in [2.05, 4.69) is 17.0 Å². The molecule has 0 unspecified atom stereocenters. The number of carbonyl (C=O) groups is 2. The number of carbonyl (C=O) groups excluding carboxylic acids is 2. The van der Waals surface area contributed by atoms with Gasteiger partial charge in [0, 0.05) is 19.0 Å². The molecule has 2 saturated carbocycles. The lowest BCUT2D eigenvalue weighted by molar-refractivity contribution is -0.161. The number of hydrogen-bond acceptors (Lipinski definition) is 2. The molecule has 0 aromatic heterocycles. The van der Waals surface area contributed by atoms with E-state index in [0.29, 0.717) is 12.5 Å². The fraction of sp³-hybridized carbons (Fsp3) is 0.652. The molecular formula is C23H32N2O2. The van der Waals surface area contributed by atoms with Gasteiger partial charge >= 0.3 is 0 Å². The molecule has 2 aliphatic carbocycles. The van der Waals surface area contributed by atoms with Crippen LogP contribution in [0.1, 0.15) is 69.8 Å². The summed E-state index contributed by atoms with van der Waals surface area (Å²) in [7, 11) is 0. The second-order valence-electron chi connectivity index (χ2n) is 8.72. The van der Waals surface area contributed by atoms with Crippen LogP contribution in [0.25, 0.3) is 0 Å². The van der Waals surface area contributed by atoms with Crippen LogP contribution in [0.4, 0.5) is 0 Å². The van der Waals surface area contributed by atoms with Crippen LogP contribution in [0.15, 0.2) is 30.3 Å². The molecule has 0 N–H and O–H groups in total. The Balaban J connectivity index is 1.47. The summed E-state index contributed by atoms with van der Waals surface area (Å²) in [5, 5.41) is 0. The molecule has 1 heterocycles. The van der Waals surface area contributed by atoms with Gasteiger partial charge in [0.05, 0.1) is 12.1 Å². The molecule has 1 aromatic rings. The highest BCUT2D eigenvalue weighted by Crippen LogP contribution is 2.41. The van der Waals surface area contributed by atoms with Crippen LogP contribution in [0.5, 0.6) is 0 Å². The summed E-state index contributed by atoms with van der Waals surface area (Å²) in [6.45, 7) is 1.04. The molecular weight excluding hydrogens is 336 g/mol. The van der Waals surface area contributed by atoms with Crippen molar-refractivity contribution in [2.75, 3.05) is 13.1 Å². The molecule has 1 spiro atoms. The van der Waals surface area contributed by atoms with E-state index in [1.807, 2.05) is 23.1 Å². The van der Waals surface area contributed by atoms with Crippen LogP contribution in [0.3, 0.4) is 0 Å². The smallest absolute Gasteiger partial charge is 0.242 e. The third-order valence-electron chi connectivity index (χ3n) is 6.89. The Morgan fingerprint density at radius 2 is 1.70 bits per heavy atom. The largest absolute Gasteiger partial charge is 0.331 e. The average Bonchev–Trinajstić information content (AvgIpc) is 3.21. The van der Waals surface area contributed by atoms with E-state index in [4.69, 9.17) is 0 Å². The maximum Gasteiger partial charge on any atom is 0.242 e.